The zero-order chi connectivity index (χ0) is 11.6. The summed E-state index contributed by atoms with van der Waals surface area (Å²) < 4.78 is 25.4. The normalized spacial score (nSPS) is 11.9. The second kappa shape index (κ2) is 4.20. The Morgan fingerprint density at radius 3 is 2.38 bits per heavy atom. The lowest BCUT2D eigenvalue weighted by Gasteiger charge is -2.10. The molecule has 0 bridgehead atoms. The number of fused-ring (bicyclic) bond motifs is 1. The summed E-state index contributed by atoms with van der Waals surface area (Å²) in [5, 5.41) is 2.26. The third-order valence-electron chi connectivity index (χ3n) is 2.67. The van der Waals surface area contributed by atoms with Crippen molar-refractivity contribution in [2.24, 2.45) is 0 Å². The van der Waals surface area contributed by atoms with Crippen LogP contribution in [0, 0.1) is 0 Å². The van der Waals surface area contributed by atoms with E-state index in [1.165, 1.54) is 0 Å². The predicted molar refractivity (Wildman–Crippen MR) is 62.9 cm³/mol. The van der Waals surface area contributed by atoms with Crippen LogP contribution in [-0.2, 0) is 6.42 Å². The van der Waals surface area contributed by atoms with Crippen molar-refractivity contribution in [1.82, 2.24) is 0 Å². The highest BCUT2D eigenvalue weighted by Crippen LogP contribution is 2.22. The van der Waals surface area contributed by atoms with Crippen LogP contribution in [0.3, 0.4) is 0 Å². The van der Waals surface area contributed by atoms with Gasteiger partial charge in [0.25, 0.3) is 0 Å². The fraction of sp³-hybridized carbons (Fsp3) is 0.286. The number of rotatable bonds is 3. The van der Waals surface area contributed by atoms with Gasteiger partial charge in [0.15, 0.2) is 0 Å². The highest BCUT2D eigenvalue weighted by molar-refractivity contribution is 5.82. The number of alkyl halides is 2. The van der Waals surface area contributed by atoms with Gasteiger partial charge in [0.05, 0.1) is 0 Å². The number of hydrogen-bond donors (Lipinski definition) is 0. The van der Waals surface area contributed by atoms with Crippen LogP contribution in [0.25, 0.3) is 10.8 Å². The van der Waals surface area contributed by atoms with Crippen molar-refractivity contribution in [3.05, 3.63) is 48.0 Å². The number of hydrogen-bond acceptors (Lipinski definition) is 0. The van der Waals surface area contributed by atoms with Crippen LogP contribution >= 0.6 is 0 Å². The molecule has 0 fully saturated rings. The van der Waals surface area contributed by atoms with Gasteiger partial charge in [0, 0.05) is 6.42 Å². The fourth-order valence-electron chi connectivity index (χ4n) is 1.76. The van der Waals surface area contributed by atoms with Crippen LogP contribution < -0.4 is 0 Å². The minimum Gasteiger partial charge on any atom is -0.207 e. The van der Waals surface area contributed by atoms with Gasteiger partial charge < -0.3 is 0 Å². The van der Waals surface area contributed by atoms with Crippen molar-refractivity contribution in [3.63, 3.8) is 0 Å². The average molecular weight is 220 g/mol. The standard InChI is InChI=1S/C14H14F2/c1-14(15,16)9-8-11-6-7-12-4-2-3-5-13(12)10-11/h2-7,10H,8-9H2,1H3. The van der Waals surface area contributed by atoms with E-state index in [-0.39, 0.29) is 6.42 Å². The SMILES string of the molecule is CC(F)(F)CCc1ccc2ccccc2c1. The Morgan fingerprint density at radius 2 is 1.69 bits per heavy atom. The van der Waals surface area contributed by atoms with E-state index in [0.717, 1.165) is 23.3 Å². The molecule has 0 heterocycles. The Kier molecular flexibility index (Phi) is 2.90. The maximum atomic E-state index is 12.7. The largest absolute Gasteiger partial charge is 0.245 e. The van der Waals surface area contributed by atoms with E-state index in [1.807, 2.05) is 42.5 Å². The second-order valence-electron chi connectivity index (χ2n) is 4.25. The highest BCUT2D eigenvalue weighted by Gasteiger charge is 2.20. The van der Waals surface area contributed by atoms with Crippen LogP contribution in [0.4, 0.5) is 8.78 Å². The summed E-state index contributed by atoms with van der Waals surface area (Å²) in [6.45, 7) is 0.966. The zero-order valence-electron chi connectivity index (χ0n) is 9.21. The summed E-state index contributed by atoms with van der Waals surface area (Å²) in [5.74, 6) is -2.58. The first-order valence-corrected chi connectivity index (χ1v) is 5.40. The summed E-state index contributed by atoms with van der Waals surface area (Å²) in [5.41, 5.74) is 0.972. The zero-order valence-corrected chi connectivity index (χ0v) is 9.21. The van der Waals surface area contributed by atoms with E-state index in [4.69, 9.17) is 0 Å². The molecule has 0 N–H and O–H groups in total. The van der Waals surface area contributed by atoms with Gasteiger partial charge in [-0.25, -0.2) is 8.78 Å². The quantitative estimate of drug-likeness (QED) is 0.718. The third-order valence-corrected chi connectivity index (χ3v) is 2.67. The Labute approximate surface area is 93.9 Å². The first-order valence-electron chi connectivity index (χ1n) is 5.40. The molecular weight excluding hydrogens is 206 g/mol. The van der Waals surface area contributed by atoms with Crippen molar-refractivity contribution in [1.29, 1.82) is 0 Å². The van der Waals surface area contributed by atoms with E-state index >= 15 is 0 Å². The third kappa shape index (κ3) is 2.78. The van der Waals surface area contributed by atoms with Gasteiger partial charge in [-0.05, 0) is 29.7 Å². The van der Waals surface area contributed by atoms with Gasteiger partial charge >= 0.3 is 0 Å². The molecule has 16 heavy (non-hydrogen) atoms. The van der Waals surface area contributed by atoms with Crippen molar-refractivity contribution in [3.8, 4) is 0 Å². The molecule has 2 rings (SSSR count). The molecule has 0 saturated carbocycles. The molecule has 0 aliphatic carbocycles. The summed E-state index contributed by atoms with van der Waals surface area (Å²) in [6.07, 6.45) is 0.333. The topological polar surface area (TPSA) is 0 Å². The molecule has 0 atom stereocenters. The molecule has 2 aromatic rings. The molecule has 0 nitrogen and oxygen atoms in total. The molecule has 2 heteroatoms. The molecule has 0 aliphatic heterocycles. The van der Waals surface area contributed by atoms with Gasteiger partial charge in [-0.3, -0.25) is 0 Å². The van der Waals surface area contributed by atoms with Gasteiger partial charge in [-0.2, -0.15) is 0 Å². The Morgan fingerprint density at radius 1 is 1.00 bits per heavy atom. The van der Waals surface area contributed by atoms with Crippen LogP contribution in [0.2, 0.25) is 0 Å². The molecule has 2 aromatic carbocycles. The van der Waals surface area contributed by atoms with E-state index < -0.39 is 5.92 Å². The van der Waals surface area contributed by atoms with E-state index in [2.05, 4.69) is 0 Å². The van der Waals surface area contributed by atoms with E-state index in [9.17, 15) is 8.78 Å². The Hall–Kier alpha value is -1.44. The lowest BCUT2D eigenvalue weighted by molar-refractivity contribution is 0.0133. The maximum absolute atomic E-state index is 12.7. The van der Waals surface area contributed by atoms with Crippen molar-refractivity contribution in [2.45, 2.75) is 25.7 Å². The molecule has 0 aliphatic rings. The fourth-order valence-corrected chi connectivity index (χ4v) is 1.76. The van der Waals surface area contributed by atoms with Crippen LogP contribution in [0.5, 0.6) is 0 Å². The number of aryl methyl sites for hydroxylation is 1. The molecule has 84 valence electrons. The Balaban J connectivity index is 2.20. The van der Waals surface area contributed by atoms with Crippen molar-refractivity contribution < 1.29 is 8.78 Å². The molecule has 0 radical (unpaired) electrons. The molecule has 0 aromatic heterocycles. The summed E-state index contributed by atoms with van der Waals surface area (Å²) in [4.78, 5) is 0. The van der Waals surface area contributed by atoms with Crippen molar-refractivity contribution in [2.75, 3.05) is 0 Å². The predicted octanol–water partition coefficient (Wildman–Crippen LogP) is 4.43. The van der Waals surface area contributed by atoms with E-state index in [1.54, 1.807) is 0 Å². The minimum atomic E-state index is -2.58. The second-order valence-corrected chi connectivity index (χ2v) is 4.25. The van der Waals surface area contributed by atoms with E-state index in [0.29, 0.717) is 6.42 Å². The number of halogens is 2. The first-order chi connectivity index (χ1) is 7.54. The monoisotopic (exact) mass is 220 g/mol. The van der Waals surface area contributed by atoms with Crippen LogP contribution in [0.15, 0.2) is 42.5 Å². The number of benzene rings is 2. The molecule has 0 spiro atoms. The average Bonchev–Trinajstić information content (AvgIpc) is 2.25. The lowest BCUT2D eigenvalue weighted by Crippen LogP contribution is -2.10. The maximum Gasteiger partial charge on any atom is 0.245 e. The van der Waals surface area contributed by atoms with Crippen LogP contribution in [0.1, 0.15) is 18.9 Å². The minimum absolute atomic E-state index is 0.0919. The molecule has 0 saturated heterocycles. The summed E-state index contributed by atoms with van der Waals surface area (Å²) in [7, 11) is 0. The van der Waals surface area contributed by atoms with Gasteiger partial charge in [-0.15, -0.1) is 0 Å². The smallest absolute Gasteiger partial charge is 0.207 e. The summed E-state index contributed by atoms with van der Waals surface area (Å²) >= 11 is 0. The summed E-state index contributed by atoms with van der Waals surface area (Å²) in [6, 6.07) is 13.9. The Bertz CT molecular complexity index is 483. The first kappa shape index (κ1) is 11.1. The highest BCUT2D eigenvalue weighted by atomic mass is 19.3. The van der Waals surface area contributed by atoms with Gasteiger partial charge in [0.1, 0.15) is 0 Å². The van der Waals surface area contributed by atoms with Gasteiger partial charge in [0.2, 0.25) is 5.92 Å². The molecule has 0 amide bonds. The molecule has 0 unspecified atom stereocenters. The van der Waals surface area contributed by atoms with Crippen LogP contribution in [-0.4, -0.2) is 5.92 Å². The lowest BCUT2D eigenvalue weighted by atomic mass is 10.0. The van der Waals surface area contributed by atoms with Crippen molar-refractivity contribution >= 4 is 10.8 Å². The molecular formula is C14H14F2. The van der Waals surface area contributed by atoms with Gasteiger partial charge in [-0.1, -0.05) is 42.5 Å².